The zero-order valence-electron chi connectivity index (χ0n) is 15.6. The van der Waals surface area contributed by atoms with E-state index in [1.165, 1.54) is 0 Å². The van der Waals surface area contributed by atoms with E-state index in [1.54, 1.807) is 13.3 Å². The molecule has 0 aliphatic carbocycles. The van der Waals surface area contributed by atoms with Gasteiger partial charge in [0.1, 0.15) is 17.5 Å². The number of pyridine rings is 1. The molecule has 0 aliphatic rings. The maximum atomic E-state index is 9.71. The van der Waals surface area contributed by atoms with Gasteiger partial charge in [-0.1, -0.05) is 36.4 Å². The van der Waals surface area contributed by atoms with E-state index in [4.69, 9.17) is 15.2 Å². The van der Waals surface area contributed by atoms with Crippen molar-refractivity contribution in [2.24, 2.45) is 0 Å². The fourth-order valence-corrected chi connectivity index (χ4v) is 2.95. The summed E-state index contributed by atoms with van der Waals surface area (Å²) in [6.07, 6.45) is 1.72. The van der Waals surface area contributed by atoms with Crippen LogP contribution in [-0.2, 0) is 0 Å². The van der Waals surface area contributed by atoms with Crippen LogP contribution >= 0.6 is 0 Å². The molecule has 0 aliphatic heterocycles. The van der Waals surface area contributed by atoms with E-state index in [0.717, 1.165) is 22.3 Å². The first-order valence-corrected chi connectivity index (χ1v) is 8.64. The molecule has 5 heteroatoms. The maximum absolute atomic E-state index is 9.71. The van der Waals surface area contributed by atoms with Gasteiger partial charge in [-0.3, -0.25) is 0 Å². The highest BCUT2D eigenvalue weighted by atomic mass is 16.5. The molecule has 3 rings (SSSR count). The van der Waals surface area contributed by atoms with Crippen molar-refractivity contribution in [3.63, 3.8) is 0 Å². The number of hydrogen-bond donors (Lipinski definition) is 1. The van der Waals surface area contributed by atoms with Crippen molar-refractivity contribution in [1.29, 1.82) is 5.26 Å². The van der Waals surface area contributed by atoms with Crippen LogP contribution in [0.5, 0.6) is 11.5 Å². The molecule has 2 aromatic carbocycles. The van der Waals surface area contributed by atoms with Crippen molar-refractivity contribution in [2.75, 3.05) is 12.8 Å². The van der Waals surface area contributed by atoms with Gasteiger partial charge in [0.2, 0.25) is 0 Å². The summed E-state index contributed by atoms with van der Waals surface area (Å²) in [6, 6.07) is 17.6. The molecule has 1 aromatic heterocycles. The Labute approximate surface area is 159 Å². The van der Waals surface area contributed by atoms with E-state index < -0.39 is 0 Å². The normalized spacial score (nSPS) is 10.5. The topological polar surface area (TPSA) is 81.2 Å². The van der Waals surface area contributed by atoms with E-state index >= 15 is 0 Å². The van der Waals surface area contributed by atoms with E-state index in [-0.39, 0.29) is 11.9 Å². The van der Waals surface area contributed by atoms with Crippen LogP contribution in [0.4, 0.5) is 5.82 Å². The molecular formula is C22H21N3O2. The monoisotopic (exact) mass is 359 g/mol. The molecule has 3 aromatic rings. The Morgan fingerprint density at radius 3 is 2.41 bits per heavy atom. The molecule has 1 heterocycles. The molecule has 136 valence electrons. The lowest BCUT2D eigenvalue weighted by molar-refractivity contribution is 0.230. The van der Waals surface area contributed by atoms with Crippen LogP contribution in [0.25, 0.3) is 22.3 Å². The largest absolute Gasteiger partial charge is 0.493 e. The SMILES string of the molecule is COc1cc(-c2c(-c3ccccc3)cnc(N)c2C#N)ccc1OC(C)C. The summed E-state index contributed by atoms with van der Waals surface area (Å²) in [5.74, 6) is 1.45. The summed E-state index contributed by atoms with van der Waals surface area (Å²) < 4.78 is 11.3. The Morgan fingerprint density at radius 2 is 1.78 bits per heavy atom. The van der Waals surface area contributed by atoms with Gasteiger partial charge in [0.15, 0.2) is 11.5 Å². The molecule has 0 radical (unpaired) electrons. The Hall–Kier alpha value is -3.52. The Bertz CT molecular complexity index is 992. The lowest BCUT2D eigenvalue weighted by Crippen LogP contribution is -2.07. The Balaban J connectivity index is 2.24. The minimum absolute atomic E-state index is 0.0240. The van der Waals surface area contributed by atoms with Crippen LogP contribution in [0.15, 0.2) is 54.7 Å². The average molecular weight is 359 g/mol. The van der Waals surface area contributed by atoms with E-state index in [2.05, 4.69) is 11.1 Å². The molecule has 2 N–H and O–H groups in total. The first kappa shape index (κ1) is 18.3. The van der Waals surface area contributed by atoms with Crippen molar-refractivity contribution in [3.05, 3.63) is 60.3 Å². The summed E-state index contributed by atoms with van der Waals surface area (Å²) in [6.45, 7) is 3.91. The zero-order valence-corrected chi connectivity index (χ0v) is 15.6. The third-order valence-corrected chi connectivity index (χ3v) is 4.12. The highest BCUT2D eigenvalue weighted by molar-refractivity contribution is 5.90. The lowest BCUT2D eigenvalue weighted by Gasteiger charge is -2.17. The first-order valence-electron chi connectivity index (χ1n) is 8.64. The standard InChI is InChI=1S/C22H21N3O2/c1-14(2)27-19-10-9-16(11-20(19)26-3)21-17(12-23)22(24)25-13-18(21)15-7-5-4-6-8-15/h4-11,13-14H,1-3H3,(H2,24,25). The molecule has 0 amide bonds. The highest BCUT2D eigenvalue weighted by Crippen LogP contribution is 2.40. The van der Waals surface area contributed by atoms with Crippen LogP contribution in [0, 0.1) is 11.3 Å². The Kier molecular flexibility index (Phi) is 5.28. The van der Waals surface area contributed by atoms with Crippen LogP contribution in [0.3, 0.4) is 0 Å². The number of nitriles is 1. The number of benzene rings is 2. The van der Waals surface area contributed by atoms with Gasteiger partial charge in [0, 0.05) is 17.3 Å². The number of anilines is 1. The summed E-state index contributed by atoms with van der Waals surface area (Å²) in [5.41, 5.74) is 9.67. The average Bonchev–Trinajstić information content (AvgIpc) is 2.68. The van der Waals surface area contributed by atoms with Crippen LogP contribution < -0.4 is 15.2 Å². The molecule has 27 heavy (non-hydrogen) atoms. The van der Waals surface area contributed by atoms with Gasteiger partial charge in [0.05, 0.1) is 13.2 Å². The highest BCUT2D eigenvalue weighted by Gasteiger charge is 2.18. The fourth-order valence-electron chi connectivity index (χ4n) is 2.95. The van der Waals surface area contributed by atoms with Crippen molar-refractivity contribution in [3.8, 4) is 39.8 Å². The molecule has 0 unspecified atom stereocenters. The number of nitrogen functional groups attached to an aromatic ring is 1. The molecule has 0 spiro atoms. The third-order valence-electron chi connectivity index (χ3n) is 4.12. The minimum atomic E-state index is 0.0240. The first-order chi connectivity index (χ1) is 13.0. The second-order valence-electron chi connectivity index (χ2n) is 6.32. The van der Waals surface area contributed by atoms with Crippen LogP contribution in [0.2, 0.25) is 0 Å². The van der Waals surface area contributed by atoms with Crippen molar-refractivity contribution in [2.45, 2.75) is 20.0 Å². The molecular weight excluding hydrogens is 338 g/mol. The number of ether oxygens (including phenoxy) is 2. The summed E-state index contributed by atoms with van der Waals surface area (Å²) in [5, 5.41) is 9.71. The smallest absolute Gasteiger partial charge is 0.161 e. The molecule has 0 fully saturated rings. The van der Waals surface area contributed by atoms with E-state index in [0.29, 0.717) is 17.1 Å². The number of nitrogens with zero attached hydrogens (tertiary/aromatic N) is 2. The van der Waals surface area contributed by atoms with Crippen molar-refractivity contribution < 1.29 is 9.47 Å². The predicted octanol–water partition coefficient (Wildman–Crippen LogP) is 4.67. The number of hydrogen-bond acceptors (Lipinski definition) is 5. The van der Waals surface area contributed by atoms with Crippen LogP contribution in [-0.4, -0.2) is 18.2 Å². The predicted molar refractivity (Wildman–Crippen MR) is 107 cm³/mol. The minimum Gasteiger partial charge on any atom is -0.493 e. The summed E-state index contributed by atoms with van der Waals surface area (Å²) in [4.78, 5) is 4.21. The van der Waals surface area contributed by atoms with Gasteiger partial charge in [-0.15, -0.1) is 0 Å². The maximum Gasteiger partial charge on any atom is 0.161 e. The van der Waals surface area contributed by atoms with Gasteiger partial charge in [-0.25, -0.2) is 4.98 Å². The van der Waals surface area contributed by atoms with Crippen molar-refractivity contribution in [1.82, 2.24) is 4.98 Å². The van der Waals surface area contributed by atoms with Gasteiger partial charge >= 0.3 is 0 Å². The summed E-state index contributed by atoms with van der Waals surface area (Å²) >= 11 is 0. The van der Waals surface area contributed by atoms with E-state index in [1.807, 2.05) is 62.4 Å². The fraction of sp³-hybridized carbons (Fsp3) is 0.182. The quantitative estimate of drug-likeness (QED) is 0.716. The second kappa shape index (κ2) is 7.79. The molecule has 0 saturated heterocycles. The Morgan fingerprint density at radius 1 is 1.04 bits per heavy atom. The number of aromatic nitrogens is 1. The molecule has 0 bridgehead atoms. The second-order valence-corrected chi connectivity index (χ2v) is 6.32. The number of rotatable bonds is 5. The van der Waals surface area contributed by atoms with E-state index in [9.17, 15) is 5.26 Å². The number of methoxy groups -OCH3 is 1. The van der Waals surface area contributed by atoms with Crippen molar-refractivity contribution >= 4 is 5.82 Å². The van der Waals surface area contributed by atoms with Gasteiger partial charge in [0.25, 0.3) is 0 Å². The zero-order chi connectivity index (χ0) is 19.4. The van der Waals surface area contributed by atoms with Crippen LogP contribution in [0.1, 0.15) is 19.4 Å². The van der Waals surface area contributed by atoms with Gasteiger partial charge in [-0.05, 0) is 37.1 Å². The number of nitrogens with two attached hydrogens (primary N) is 1. The molecule has 5 nitrogen and oxygen atoms in total. The summed E-state index contributed by atoms with van der Waals surface area (Å²) in [7, 11) is 1.59. The molecule has 0 saturated carbocycles. The lowest BCUT2D eigenvalue weighted by atomic mass is 9.92. The van der Waals surface area contributed by atoms with Gasteiger partial charge in [-0.2, -0.15) is 5.26 Å². The third kappa shape index (κ3) is 3.70. The van der Waals surface area contributed by atoms with Gasteiger partial charge < -0.3 is 15.2 Å². The molecule has 0 atom stereocenters.